The van der Waals surface area contributed by atoms with Crippen LogP contribution in [0.15, 0.2) is 77.7 Å². The standard InChI is InChI=1S/C25H26N2O4S/c1-4-23(25(29)27-21-13-5-6-14-22(21)31-3)32-20-12-8-10-18(16-20)26-24(28)17-9-7-11-19(15-17)30-2/h5-16,23H,4H2,1-3H3,(H,26,28)(H,27,29). The molecule has 0 aliphatic rings. The molecule has 0 aliphatic heterocycles. The summed E-state index contributed by atoms with van der Waals surface area (Å²) in [6, 6.07) is 21.7. The molecule has 1 atom stereocenters. The minimum Gasteiger partial charge on any atom is -0.497 e. The van der Waals surface area contributed by atoms with E-state index in [9.17, 15) is 9.59 Å². The highest BCUT2D eigenvalue weighted by molar-refractivity contribution is 8.00. The third-order valence-corrected chi connectivity index (χ3v) is 6.09. The van der Waals surface area contributed by atoms with E-state index in [4.69, 9.17) is 9.47 Å². The molecule has 0 aromatic heterocycles. The molecule has 0 heterocycles. The third-order valence-electron chi connectivity index (χ3n) is 4.73. The topological polar surface area (TPSA) is 76.7 Å². The van der Waals surface area contributed by atoms with Crippen LogP contribution in [0, 0.1) is 0 Å². The molecule has 0 radical (unpaired) electrons. The molecule has 0 fully saturated rings. The summed E-state index contributed by atoms with van der Waals surface area (Å²) < 4.78 is 10.5. The molecule has 1 unspecified atom stereocenters. The van der Waals surface area contributed by atoms with Crippen LogP contribution in [0.1, 0.15) is 23.7 Å². The zero-order chi connectivity index (χ0) is 22.9. The Hall–Kier alpha value is -3.45. The van der Waals surface area contributed by atoms with Crippen molar-refractivity contribution in [2.24, 2.45) is 0 Å². The third kappa shape index (κ3) is 6.04. The molecule has 32 heavy (non-hydrogen) atoms. The van der Waals surface area contributed by atoms with Gasteiger partial charge in [-0.15, -0.1) is 11.8 Å². The van der Waals surface area contributed by atoms with Gasteiger partial charge in [-0.05, 0) is 55.0 Å². The number of hydrogen-bond donors (Lipinski definition) is 2. The summed E-state index contributed by atoms with van der Waals surface area (Å²) >= 11 is 1.45. The average Bonchev–Trinajstić information content (AvgIpc) is 2.83. The molecule has 0 bridgehead atoms. The lowest BCUT2D eigenvalue weighted by atomic mass is 10.2. The van der Waals surface area contributed by atoms with Crippen LogP contribution in [-0.2, 0) is 4.79 Å². The van der Waals surface area contributed by atoms with Gasteiger partial charge in [-0.3, -0.25) is 9.59 Å². The van der Waals surface area contributed by atoms with Crippen LogP contribution in [0.2, 0.25) is 0 Å². The summed E-state index contributed by atoms with van der Waals surface area (Å²) in [7, 11) is 3.13. The van der Waals surface area contributed by atoms with Crippen molar-refractivity contribution in [2.45, 2.75) is 23.5 Å². The first-order valence-electron chi connectivity index (χ1n) is 10.2. The molecule has 0 spiro atoms. The zero-order valence-electron chi connectivity index (χ0n) is 18.3. The van der Waals surface area contributed by atoms with E-state index in [0.717, 1.165) is 4.90 Å². The summed E-state index contributed by atoms with van der Waals surface area (Å²) in [6.07, 6.45) is 0.645. The van der Waals surface area contributed by atoms with Crippen LogP contribution >= 0.6 is 11.8 Å². The smallest absolute Gasteiger partial charge is 0.255 e. The van der Waals surface area contributed by atoms with Crippen molar-refractivity contribution >= 4 is 35.0 Å². The van der Waals surface area contributed by atoms with E-state index in [2.05, 4.69) is 10.6 Å². The van der Waals surface area contributed by atoms with E-state index in [1.54, 1.807) is 44.6 Å². The van der Waals surface area contributed by atoms with Crippen LogP contribution in [0.4, 0.5) is 11.4 Å². The van der Waals surface area contributed by atoms with Gasteiger partial charge in [-0.2, -0.15) is 0 Å². The highest BCUT2D eigenvalue weighted by atomic mass is 32.2. The summed E-state index contributed by atoms with van der Waals surface area (Å²) in [6.45, 7) is 1.97. The molecule has 166 valence electrons. The molecule has 6 nitrogen and oxygen atoms in total. The van der Waals surface area contributed by atoms with E-state index in [0.29, 0.717) is 34.9 Å². The Kier molecular flexibility index (Phi) is 8.16. The van der Waals surface area contributed by atoms with Gasteiger partial charge < -0.3 is 20.1 Å². The predicted octanol–water partition coefficient (Wildman–Crippen LogP) is 5.47. The molecule has 2 amide bonds. The van der Waals surface area contributed by atoms with Gasteiger partial charge in [-0.1, -0.05) is 31.2 Å². The van der Waals surface area contributed by atoms with Gasteiger partial charge in [0.25, 0.3) is 5.91 Å². The molecular formula is C25H26N2O4S. The van der Waals surface area contributed by atoms with Crippen LogP contribution in [0.25, 0.3) is 0 Å². The van der Waals surface area contributed by atoms with Crippen LogP contribution < -0.4 is 20.1 Å². The number of carbonyl (C=O) groups is 2. The fourth-order valence-electron chi connectivity index (χ4n) is 3.06. The number of nitrogens with one attached hydrogen (secondary N) is 2. The van der Waals surface area contributed by atoms with Crippen molar-refractivity contribution in [3.8, 4) is 11.5 Å². The lowest BCUT2D eigenvalue weighted by Crippen LogP contribution is -2.24. The first-order chi connectivity index (χ1) is 15.5. The Bertz CT molecular complexity index is 1090. The van der Waals surface area contributed by atoms with Crippen LogP contribution in [0.5, 0.6) is 11.5 Å². The maximum absolute atomic E-state index is 12.9. The Balaban J connectivity index is 1.68. The molecule has 7 heteroatoms. The fourth-order valence-corrected chi connectivity index (χ4v) is 4.08. The van der Waals surface area contributed by atoms with Crippen LogP contribution in [-0.4, -0.2) is 31.3 Å². The molecule has 2 N–H and O–H groups in total. The van der Waals surface area contributed by atoms with Gasteiger partial charge in [0.15, 0.2) is 0 Å². The summed E-state index contributed by atoms with van der Waals surface area (Å²) in [5.41, 5.74) is 1.80. The highest BCUT2D eigenvalue weighted by Gasteiger charge is 2.19. The monoisotopic (exact) mass is 450 g/mol. The first kappa shape index (κ1) is 23.2. The summed E-state index contributed by atoms with van der Waals surface area (Å²) in [5.74, 6) is 0.900. The Labute approximate surface area is 192 Å². The van der Waals surface area contributed by atoms with E-state index < -0.39 is 0 Å². The van der Waals surface area contributed by atoms with Crippen molar-refractivity contribution in [3.63, 3.8) is 0 Å². The van der Waals surface area contributed by atoms with E-state index in [-0.39, 0.29) is 17.1 Å². The van der Waals surface area contributed by atoms with Gasteiger partial charge in [0.2, 0.25) is 5.91 Å². The molecular weight excluding hydrogens is 424 g/mol. The maximum atomic E-state index is 12.9. The second-order valence-corrected chi connectivity index (χ2v) is 8.19. The number of thioether (sulfide) groups is 1. The number of amides is 2. The molecule has 3 rings (SSSR count). The van der Waals surface area contributed by atoms with Gasteiger partial charge in [0.1, 0.15) is 11.5 Å². The molecule has 0 saturated heterocycles. The average molecular weight is 451 g/mol. The zero-order valence-corrected chi connectivity index (χ0v) is 19.1. The molecule has 0 aliphatic carbocycles. The number of anilines is 2. The minimum atomic E-state index is -0.302. The molecule has 3 aromatic rings. The van der Waals surface area contributed by atoms with E-state index in [1.807, 2.05) is 49.4 Å². The second kappa shape index (κ2) is 11.2. The normalized spacial score (nSPS) is 11.3. The molecule has 0 saturated carbocycles. The number of benzene rings is 3. The van der Waals surface area contributed by atoms with Gasteiger partial charge >= 0.3 is 0 Å². The largest absolute Gasteiger partial charge is 0.497 e. The lowest BCUT2D eigenvalue weighted by Gasteiger charge is -2.17. The fraction of sp³-hybridized carbons (Fsp3) is 0.200. The van der Waals surface area contributed by atoms with Crippen molar-refractivity contribution in [1.29, 1.82) is 0 Å². The lowest BCUT2D eigenvalue weighted by molar-refractivity contribution is -0.115. The number of rotatable bonds is 9. The SMILES string of the molecule is CCC(Sc1cccc(NC(=O)c2cccc(OC)c2)c1)C(=O)Nc1ccccc1OC. The first-order valence-corrected chi connectivity index (χ1v) is 11.1. The van der Waals surface area contributed by atoms with Crippen molar-refractivity contribution in [3.05, 3.63) is 78.4 Å². The van der Waals surface area contributed by atoms with Gasteiger partial charge in [-0.25, -0.2) is 0 Å². The Morgan fingerprint density at radius 1 is 0.906 bits per heavy atom. The minimum absolute atomic E-state index is 0.104. The quantitative estimate of drug-likeness (QED) is 0.423. The van der Waals surface area contributed by atoms with Gasteiger partial charge in [0, 0.05) is 16.1 Å². The predicted molar refractivity (Wildman–Crippen MR) is 129 cm³/mol. The maximum Gasteiger partial charge on any atom is 0.255 e. The van der Waals surface area contributed by atoms with E-state index >= 15 is 0 Å². The van der Waals surface area contributed by atoms with Crippen molar-refractivity contribution in [2.75, 3.05) is 24.9 Å². The molecule has 3 aromatic carbocycles. The number of ether oxygens (including phenoxy) is 2. The Morgan fingerprint density at radius 3 is 2.44 bits per heavy atom. The number of carbonyl (C=O) groups excluding carboxylic acids is 2. The number of hydrogen-bond acceptors (Lipinski definition) is 5. The number of methoxy groups -OCH3 is 2. The van der Waals surface area contributed by atoms with E-state index in [1.165, 1.54) is 11.8 Å². The van der Waals surface area contributed by atoms with Gasteiger partial charge in [0.05, 0.1) is 25.2 Å². The Morgan fingerprint density at radius 2 is 1.69 bits per heavy atom. The highest BCUT2D eigenvalue weighted by Crippen LogP contribution is 2.30. The second-order valence-electron chi connectivity index (χ2n) is 6.92. The van der Waals surface area contributed by atoms with Crippen molar-refractivity contribution in [1.82, 2.24) is 0 Å². The summed E-state index contributed by atoms with van der Waals surface area (Å²) in [4.78, 5) is 26.3. The summed E-state index contributed by atoms with van der Waals surface area (Å²) in [5, 5.41) is 5.54. The van der Waals surface area contributed by atoms with Crippen molar-refractivity contribution < 1.29 is 19.1 Å². The van der Waals surface area contributed by atoms with Crippen LogP contribution in [0.3, 0.4) is 0 Å². The number of para-hydroxylation sites is 2.